The van der Waals surface area contributed by atoms with Gasteiger partial charge in [0.05, 0.1) is 6.20 Å². The number of imidazole rings is 1. The number of rotatable bonds is 0. The summed E-state index contributed by atoms with van der Waals surface area (Å²) < 4.78 is 39.9. The molecule has 1 aromatic rings. The fraction of sp³-hybridized carbons (Fsp3) is 0. The normalized spacial score (nSPS) is 10.2. The van der Waals surface area contributed by atoms with E-state index in [0.29, 0.717) is 0 Å². The average molecular weight is 171 g/mol. The zero-order valence-electron chi connectivity index (χ0n) is 5.16. The van der Waals surface area contributed by atoms with Crippen molar-refractivity contribution in [1.29, 1.82) is 0 Å². The predicted molar refractivity (Wildman–Crippen MR) is 29.6 cm³/mol. The minimum absolute atomic E-state index is 0.889. The molecule has 11 heavy (non-hydrogen) atoms. The largest absolute Gasteiger partial charge is 0.673 e. The Morgan fingerprint density at radius 1 is 1.27 bits per heavy atom. The molecule has 0 aliphatic carbocycles. The first-order valence-electron chi connectivity index (χ1n) is 2.44. The highest BCUT2D eigenvalue weighted by Gasteiger charge is 2.20. The molecule has 0 spiro atoms. The molecule has 0 fully saturated rings. The fourth-order valence-corrected chi connectivity index (χ4v) is 0.252. The van der Waals surface area contributed by atoms with Crippen molar-refractivity contribution in [3.8, 4) is 0 Å². The van der Waals surface area contributed by atoms with Crippen LogP contribution in [-0.4, -0.2) is 22.2 Å². The van der Waals surface area contributed by atoms with Gasteiger partial charge in [-0.3, -0.25) is 0 Å². The van der Waals surface area contributed by atoms with E-state index in [-0.39, 0.29) is 0 Å². The van der Waals surface area contributed by atoms with Crippen LogP contribution >= 0.6 is 0 Å². The molecule has 0 aliphatic heterocycles. The molecule has 1 heterocycles. The maximum absolute atomic E-state index is 9.75. The Balaban J connectivity index is 0.000000187. The van der Waals surface area contributed by atoms with E-state index in [0.717, 1.165) is 4.73 Å². The first kappa shape index (κ1) is 9.79. The van der Waals surface area contributed by atoms with Crippen LogP contribution in [-0.2, 0) is 0 Å². The molecule has 0 bridgehead atoms. The molecule has 0 unspecified atom stereocenters. The summed E-state index contributed by atoms with van der Waals surface area (Å²) in [5, 5.41) is 8.33. The highest BCUT2D eigenvalue weighted by Crippen LogP contribution is 2.06. The first-order valence-corrected chi connectivity index (χ1v) is 2.44. The van der Waals surface area contributed by atoms with Crippen molar-refractivity contribution in [1.82, 2.24) is 9.71 Å². The van der Waals surface area contributed by atoms with Crippen molar-refractivity contribution >= 4 is 7.25 Å². The number of halogens is 4. The van der Waals surface area contributed by atoms with Gasteiger partial charge >= 0.3 is 7.25 Å². The minimum Gasteiger partial charge on any atom is -0.427 e. The highest BCUT2D eigenvalue weighted by molar-refractivity contribution is 6.50. The van der Waals surface area contributed by atoms with Crippen LogP contribution in [0.2, 0.25) is 0 Å². The van der Waals surface area contributed by atoms with Crippen molar-refractivity contribution in [2.45, 2.75) is 0 Å². The first-order chi connectivity index (χ1) is 4.89. The topological polar surface area (TPSA) is 38.0 Å². The van der Waals surface area contributed by atoms with Crippen LogP contribution < -0.4 is 0 Å². The van der Waals surface area contributed by atoms with Gasteiger partial charge in [-0.1, -0.05) is 0 Å². The van der Waals surface area contributed by atoms with Crippen LogP contribution in [0.15, 0.2) is 18.7 Å². The fourth-order valence-electron chi connectivity index (χ4n) is 0.252. The Kier molecular flexibility index (Phi) is 3.42. The zero-order valence-corrected chi connectivity index (χ0v) is 5.16. The summed E-state index contributed by atoms with van der Waals surface area (Å²) in [6, 6.07) is 0. The molecule has 0 radical (unpaired) electrons. The van der Waals surface area contributed by atoms with Crippen molar-refractivity contribution in [2.75, 3.05) is 0 Å². The van der Waals surface area contributed by atoms with E-state index in [9.17, 15) is 17.3 Å². The van der Waals surface area contributed by atoms with Crippen molar-refractivity contribution in [3.05, 3.63) is 18.7 Å². The number of aromatic nitrogens is 2. The van der Waals surface area contributed by atoms with Crippen molar-refractivity contribution < 1.29 is 22.5 Å². The second-order valence-electron chi connectivity index (χ2n) is 1.44. The highest BCUT2D eigenvalue weighted by atomic mass is 19.5. The number of nitrogens with zero attached hydrogens (tertiary/aromatic N) is 2. The summed E-state index contributed by atoms with van der Waals surface area (Å²) in [6.45, 7) is 0. The standard InChI is InChI=1S/C3H4N2O.BF4/c6-5-2-1-4-3-5;2-1(3,4)5/h1-3,6H;/q;-1. The number of hydrogen-bond acceptors (Lipinski definition) is 2. The van der Waals surface area contributed by atoms with Gasteiger partial charge in [-0.15, -0.1) is 0 Å². The SMILES string of the molecule is F[B-](F)(F)F.On1ccnc1. The molecule has 3 nitrogen and oxygen atoms in total. The smallest absolute Gasteiger partial charge is 0.427 e. The predicted octanol–water partition coefficient (Wildman–Crippen LogP) is 1.42. The van der Waals surface area contributed by atoms with Crippen LogP contribution in [0.1, 0.15) is 0 Å². The molecule has 1 N–H and O–H groups in total. The van der Waals surface area contributed by atoms with Crippen LogP contribution in [0.25, 0.3) is 0 Å². The maximum Gasteiger partial charge on any atom is 0.673 e. The van der Waals surface area contributed by atoms with E-state index in [1.807, 2.05) is 0 Å². The number of hydrogen-bond donors (Lipinski definition) is 1. The molecule has 8 heteroatoms. The van der Waals surface area contributed by atoms with Gasteiger partial charge in [-0.2, -0.15) is 4.73 Å². The van der Waals surface area contributed by atoms with Crippen LogP contribution in [0.4, 0.5) is 17.3 Å². The molecule has 1 rings (SSSR count). The Hall–Kier alpha value is -1.21. The third kappa shape index (κ3) is 12.1. The van der Waals surface area contributed by atoms with Gasteiger partial charge in [-0.25, -0.2) is 4.98 Å². The summed E-state index contributed by atoms with van der Waals surface area (Å²) in [7, 11) is -6.00. The Morgan fingerprint density at radius 3 is 1.82 bits per heavy atom. The van der Waals surface area contributed by atoms with Gasteiger partial charge in [0.1, 0.15) is 6.33 Å². The summed E-state index contributed by atoms with van der Waals surface area (Å²) >= 11 is 0. The van der Waals surface area contributed by atoms with Crippen molar-refractivity contribution in [2.24, 2.45) is 0 Å². The quantitative estimate of drug-likeness (QED) is 0.364. The molecule has 0 aromatic carbocycles. The summed E-state index contributed by atoms with van der Waals surface area (Å²) in [5.74, 6) is 0. The molecular weight excluding hydrogens is 167 g/mol. The summed E-state index contributed by atoms with van der Waals surface area (Å²) in [6.07, 6.45) is 4.25. The van der Waals surface area contributed by atoms with E-state index < -0.39 is 7.25 Å². The molecule has 0 aliphatic rings. The Morgan fingerprint density at radius 2 is 1.73 bits per heavy atom. The Labute approximate surface area is 59.3 Å². The second kappa shape index (κ2) is 3.84. The van der Waals surface area contributed by atoms with Gasteiger partial charge in [0.25, 0.3) is 0 Å². The van der Waals surface area contributed by atoms with Gasteiger partial charge in [0, 0.05) is 6.20 Å². The van der Waals surface area contributed by atoms with E-state index in [4.69, 9.17) is 5.21 Å². The lowest BCUT2D eigenvalue weighted by atomic mass is 10.3. The lowest BCUT2D eigenvalue weighted by molar-refractivity contribution is 0.186. The van der Waals surface area contributed by atoms with E-state index >= 15 is 0 Å². The molecular formula is C3H4BF4N2O-. The maximum atomic E-state index is 9.75. The minimum atomic E-state index is -6.00. The summed E-state index contributed by atoms with van der Waals surface area (Å²) in [5.41, 5.74) is 0. The van der Waals surface area contributed by atoms with E-state index in [1.165, 1.54) is 18.7 Å². The third-order valence-corrected chi connectivity index (χ3v) is 0.490. The average Bonchev–Trinajstić information content (AvgIpc) is 2.12. The lowest BCUT2D eigenvalue weighted by Gasteiger charge is -1.94. The van der Waals surface area contributed by atoms with Gasteiger partial charge in [0.2, 0.25) is 0 Å². The second-order valence-corrected chi connectivity index (χ2v) is 1.44. The summed E-state index contributed by atoms with van der Waals surface area (Å²) in [4.78, 5) is 3.53. The Bertz CT molecular complexity index is 180. The lowest BCUT2D eigenvalue weighted by Crippen LogP contribution is -2.02. The van der Waals surface area contributed by atoms with E-state index in [2.05, 4.69) is 4.98 Å². The molecule has 0 amide bonds. The molecule has 1 aromatic heterocycles. The van der Waals surface area contributed by atoms with Crippen LogP contribution in [0, 0.1) is 0 Å². The van der Waals surface area contributed by atoms with Crippen LogP contribution in [0.3, 0.4) is 0 Å². The van der Waals surface area contributed by atoms with Gasteiger partial charge < -0.3 is 22.5 Å². The van der Waals surface area contributed by atoms with Crippen LogP contribution in [0.5, 0.6) is 0 Å². The molecule has 0 atom stereocenters. The van der Waals surface area contributed by atoms with Crippen molar-refractivity contribution in [3.63, 3.8) is 0 Å². The van der Waals surface area contributed by atoms with Gasteiger partial charge in [-0.05, 0) is 0 Å². The molecule has 0 saturated heterocycles. The molecule has 0 saturated carbocycles. The zero-order chi connectivity index (χ0) is 8.91. The van der Waals surface area contributed by atoms with E-state index in [1.54, 1.807) is 0 Å². The third-order valence-electron chi connectivity index (χ3n) is 0.490. The molecule has 64 valence electrons. The van der Waals surface area contributed by atoms with Gasteiger partial charge in [0.15, 0.2) is 0 Å². The monoisotopic (exact) mass is 171 g/mol.